The van der Waals surface area contributed by atoms with Crippen molar-refractivity contribution in [1.82, 2.24) is 0 Å². The van der Waals surface area contributed by atoms with Crippen molar-refractivity contribution in [1.29, 1.82) is 0 Å². The molecule has 0 saturated carbocycles. The van der Waals surface area contributed by atoms with Crippen LogP contribution in [0, 0.1) is 0 Å². The molecule has 2 nitrogen and oxygen atoms in total. The summed E-state index contributed by atoms with van der Waals surface area (Å²) in [6, 6.07) is 0. The molecule has 0 radical (unpaired) electrons. The van der Waals surface area contributed by atoms with Gasteiger partial charge in [0, 0.05) is 6.61 Å². The van der Waals surface area contributed by atoms with E-state index in [9.17, 15) is 0 Å². The highest BCUT2D eigenvalue weighted by Gasteiger charge is 2.08. The first kappa shape index (κ1) is 30.9. The maximum absolute atomic E-state index is 6.17. The van der Waals surface area contributed by atoms with Gasteiger partial charge in [-0.25, -0.2) is 0 Å². The molecule has 1 atom stereocenters. The molecule has 0 aliphatic carbocycles. The van der Waals surface area contributed by atoms with Crippen molar-refractivity contribution < 1.29 is 4.74 Å². The Hall–Kier alpha value is -0.0800. The molecule has 0 fully saturated rings. The highest BCUT2D eigenvalue weighted by atomic mass is 16.5. The highest BCUT2D eigenvalue weighted by Crippen LogP contribution is 2.15. The molecule has 2 N–H and O–H groups in total. The molecule has 1 unspecified atom stereocenters. The number of hydrogen-bond donors (Lipinski definition) is 1. The van der Waals surface area contributed by atoms with E-state index in [1.165, 1.54) is 148 Å². The van der Waals surface area contributed by atoms with E-state index < -0.39 is 0 Å². The second-order valence-electron chi connectivity index (χ2n) is 9.93. The number of unbranched alkanes of at least 4 members (excludes halogenated alkanes) is 20. The van der Waals surface area contributed by atoms with Crippen LogP contribution in [0.5, 0.6) is 0 Å². The van der Waals surface area contributed by atoms with Crippen molar-refractivity contribution in [3.05, 3.63) is 0 Å². The zero-order chi connectivity index (χ0) is 22.7. The monoisotopic (exact) mass is 439 g/mol. The van der Waals surface area contributed by atoms with Crippen LogP contribution in [0.4, 0.5) is 0 Å². The zero-order valence-corrected chi connectivity index (χ0v) is 21.9. The molecule has 0 amide bonds. The standard InChI is InChI=1S/C29H61NO/c1-3-5-7-9-11-13-15-16-17-19-21-23-25-29(26-27-30)31-28-24-22-20-18-14-12-10-8-6-4-2/h29H,3-28,30H2,1-2H3. The molecule has 0 aromatic carbocycles. The van der Waals surface area contributed by atoms with Crippen LogP contribution in [0.1, 0.15) is 168 Å². The van der Waals surface area contributed by atoms with Crippen LogP contribution < -0.4 is 5.73 Å². The molecule has 0 spiro atoms. The fourth-order valence-corrected chi connectivity index (χ4v) is 4.55. The Labute approximate surface area is 197 Å². The molecule has 0 bridgehead atoms. The van der Waals surface area contributed by atoms with Crippen molar-refractivity contribution in [3.63, 3.8) is 0 Å². The van der Waals surface area contributed by atoms with E-state index in [2.05, 4.69) is 13.8 Å². The number of nitrogens with two attached hydrogens (primary N) is 1. The Morgan fingerprint density at radius 3 is 1.19 bits per heavy atom. The summed E-state index contributed by atoms with van der Waals surface area (Å²) in [6.45, 7) is 6.29. The smallest absolute Gasteiger partial charge is 0.0587 e. The summed E-state index contributed by atoms with van der Waals surface area (Å²) in [5, 5.41) is 0. The van der Waals surface area contributed by atoms with Crippen LogP contribution in [0.15, 0.2) is 0 Å². The summed E-state index contributed by atoms with van der Waals surface area (Å²) in [5.41, 5.74) is 5.81. The van der Waals surface area contributed by atoms with Crippen molar-refractivity contribution in [3.8, 4) is 0 Å². The molecule has 0 aliphatic rings. The molecule has 2 heteroatoms. The summed E-state index contributed by atoms with van der Waals surface area (Å²) < 4.78 is 6.17. The van der Waals surface area contributed by atoms with Crippen LogP contribution in [-0.4, -0.2) is 19.3 Å². The first-order valence-electron chi connectivity index (χ1n) is 14.7. The molecule has 0 aromatic heterocycles. The van der Waals surface area contributed by atoms with Gasteiger partial charge in [-0.1, -0.05) is 149 Å². The van der Waals surface area contributed by atoms with Crippen molar-refractivity contribution in [2.24, 2.45) is 5.73 Å². The lowest BCUT2D eigenvalue weighted by Crippen LogP contribution is -2.18. The molecule has 0 aromatic rings. The predicted octanol–water partition coefficient (Wildman–Crippen LogP) is 9.73. The minimum atomic E-state index is 0.409. The maximum Gasteiger partial charge on any atom is 0.0587 e. The van der Waals surface area contributed by atoms with E-state index in [4.69, 9.17) is 10.5 Å². The van der Waals surface area contributed by atoms with Gasteiger partial charge in [0.05, 0.1) is 6.10 Å². The summed E-state index contributed by atoms with van der Waals surface area (Å²) >= 11 is 0. The normalized spacial score (nSPS) is 12.5. The third kappa shape index (κ3) is 26.1. The van der Waals surface area contributed by atoms with E-state index in [-0.39, 0.29) is 0 Å². The topological polar surface area (TPSA) is 35.2 Å². The Morgan fingerprint density at radius 1 is 0.452 bits per heavy atom. The lowest BCUT2D eigenvalue weighted by atomic mass is 10.0. The first-order chi connectivity index (χ1) is 15.3. The molecule has 31 heavy (non-hydrogen) atoms. The molecular weight excluding hydrogens is 378 g/mol. The Balaban J connectivity index is 3.39. The molecular formula is C29H61NO. The van der Waals surface area contributed by atoms with E-state index in [0.29, 0.717) is 6.10 Å². The first-order valence-corrected chi connectivity index (χ1v) is 14.7. The van der Waals surface area contributed by atoms with Gasteiger partial charge in [0.25, 0.3) is 0 Å². The van der Waals surface area contributed by atoms with Gasteiger partial charge in [-0.2, -0.15) is 0 Å². The third-order valence-electron chi connectivity index (χ3n) is 6.72. The third-order valence-corrected chi connectivity index (χ3v) is 6.72. The van der Waals surface area contributed by atoms with E-state index >= 15 is 0 Å². The average molecular weight is 440 g/mol. The van der Waals surface area contributed by atoms with E-state index in [1.807, 2.05) is 0 Å². The fourth-order valence-electron chi connectivity index (χ4n) is 4.55. The Bertz CT molecular complexity index is 307. The molecule has 188 valence electrons. The minimum Gasteiger partial charge on any atom is -0.378 e. The van der Waals surface area contributed by atoms with Gasteiger partial charge in [0.2, 0.25) is 0 Å². The van der Waals surface area contributed by atoms with Crippen molar-refractivity contribution >= 4 is 0 Å². The van der Waals surface area contributed by atoms with E-state index in [1.54, 1.807) is 0 Å². The Morgan fingerprint density at radius 2 is 0.806 bits per heavy atom. The van der Waals surface area contributed by atoms with Gasteiger partial charge in [-0.05, 0) is 25.8 Å². The summed E-state index contributed by atoms with van der Waals surface area (Å²) in [6.07, 6.45) is 33.6. The fraction of sp³-hybridized carbons (Fsp3) is 1.00. The minimum absolute atomic E-state index is 0.409. The number of rotatable bonds is 27. The summed E-state index contributed by atoms with van der Waals surface area (Å²) in [5.74, 6) is 0. The van der Waals surface area contributed by atoms with Crippen molar-refractivity contribution in [2.75, 3.05) is 13.2 Å². The largest absolute Gasteiger partial charge is 0.378 e. The molecule has 0 heterocycles. The van der Waals surface area contributed by atoms with Gasteiger partial charge in [0.1, 0.15) is 0 Å². The molecule has 0 aliphatic heterocycles. The van der Waals surface area contributed by atoms with Gasteiger partial charge in [0.15, 0.2) is 0 Å². The maximum atomic E-state index is 6.17. The second-order valence-corrected chi connectivity index (χ2v) is 9.93. The zero-order valence-electron chi connectivity index (χ0n) is 21.9. The predicted molar refractivity (Wildman–Crippen MR) is 141 cm³/mol. The van der Waals surface area contributed by atoms with Gasteiger partial charge < -0.3 is 10.5 Å². The lowest BCUT2D eigenvalue weighted by molar-refractivity contribution is 0.0390. The van der Waals surface area contributed by atoms with Crippen LogP contribution >= 0.6 is 0 Å². The molecule has 0 rings (SSSR count). The quantitative estimate of drug-likeness (QED) is 0.129. The Kier molecular flexibility index (Phi) is 27.9. The lowest BCUT2D eigenvalue weighted by Gasteiger charge is -2.17. The van der Waals surface area contributed by atoms with Crippen molar-refractivity contribution in [2.45, 2.75) is 174 Å². The van der Waals surface area contributed by atoms with Crippen LogP contribution in [0.2, 0.25) is 0 Å². The van der Waals surface area contributed by atoms with Gasteiger partial charge in [-0.3, -0.25) is 0 Å². The van der Waals surface area contributed by atoms with Crippen LogP contribution in [0.3, 0.4) is 0 Å². The second kappa shape index (κ2) is 28.0. The van der Waals surface area contributed by atoms with Crippen LogP contribution in [-0.2, 0) is 4.74 Å². The highest BCUT2D eigenvalue weighted by molar-refractivity contribution is 4.60. The summed E-state index contributed by atoms with van der Waals surface area (Å²) in [4.78, 5) is 0. The number of hydrogen-bond acceptors (Lipinski definition) is 2. The van der Waals surface area contributed by atoms with Gasteiger partial charge >= 0.3 is 0 Å². The van der Waals surface area contributed by atoms with Crippen LogP contribution in [0.25, 0.3) is 0 Å². The number of ether oxygens (including phenoxy) is 1. The van der Waals surface area contributed by atoms with Gasteiger partial charge in [-0.15, -0.1) is 0 Å². The summed E-state index contributed by atoms with van der Waals surface area (Å²) in [7, 11) is 0. The average Bonchev–Trinajstić information content (AvgIpc) is 2.78. The van der Waals surface area contributed by atoms with E-state index in [0.717, 1.165) is 19.6 Å². The SMILES string of the molecule is CCCCCCCCCCCCCCC(CCN)OCCCCCCCCCCCC. The molecule has 0 saturated heterocycles.